The van der Waals surface area contributed by atoms with Gasteiger partial charge in [-0.15, -0.1) is 0 Å². The third kappa shape index (κ3) is 4.81. The van der Waals surface area contributed by atoms with Crippen molar-refractivity contribution in [2.45, 2.75) is 45.7 Å². The number of hydrogen-bond donors (Lipinski definition) is 0. The van der Waals surface area contributed by atoms with Gasteiger partial charge in [-0.2, -0.15) is 10.5 Å². The SMILES string of the molecule is CC(=O)N(Cc1ncc(C)o1)C1CCN(CC(C#N)CCC#N)C1. The first-order valence-electron chi connectivity index (χ1n) is 8.21. The van der Waals surface area contributed by atoms with Crippen molar-refractivity contribution in [3.05, 3.63) is 17.8 Å². The number of rotatable bonds is 7. The van der Waals surface area contributed by atoms with Crippen molar-refractivity contribution in [2.75, 3.05) is 19.6 Å². The lowest BCUT2D eigenvalue weighted by molar-refractivity contribution is -0.132. The maximum atomic E-state index is 12.0. The van der Waals surface area contributed by atoms with Gasteiger partial charge in [-0.05, 0) is 19.8 Å². The number of nitrogens with zero attached hydrogens (tertiary/aromatic N) is 5. The summed E-state index contributed by atoms with van der Waals surface area (Å²) in [5.74, 6) is 1.14. The van der Waals surface area contributed by atoms with Gasteiger partial charge in [-0.25, -0.2) is 4.98 Å². The molecule has 0 N–H and O–H groups in total. The predicted molar refractivity (Wildman–Crippen MR) is 86.3 cm³/mol. The third-order valence-corrected chi connectivity index (χ3v) is 4.33. The molecule has 2 rings (SSSR count). The predicted octanol–water partition coefficient (Wildman–Crippen LogP) is 1.85. The van der Waals surface area contributed by atoms with E-state index in [4.69, 9.17) is 9.68 Å². The standard InChI is InChI=1S/C17H23N5O2/c1-13-9-20-17(24-13)12-22(14(2)23)16-5-7-21(11-16)10-15(8-19)4-3-6-18/h9,15-16H,3-5,7,10-12H2,1-2H3. The summed E-state index contributed by atoms with van der Waals surface area (Å²) in [4.78, 5) is 20.2. The number of carbonyl (C=O) groups is 1. The summed E-state index contributed by atoms with van der Waals surface area (Å²) in [5, 5.41) is 17.9. The van der Waals surface area contributed by atoms with E-state index in [1.165, 1.54) is 0 Å². The normalized spacial score (nSPS) is 18.8. The molecule has 2 unspecified atom stereocenters. The molecule has 2 atom stereocenters. The fraction of sp³-hybridized carbons (Fsp3) is 0.647. The van der Waals surface area contributed by atoms with Crippen LogP contribution in [0.5, 0.6) is 0 Å². The highest BCUT2D eigenvalue weighted by Gasteiger charge is 2.31. The molecule has 1 saturated heterocycles. The zero-order chi connectivity index (χ0) is 17.5. The molecule has 0 aliphatic carbocycles. The number of likely N-dealkylation sites (tertiary alicyclic amines) is 1. The molecule has 1 aliphatic rings. The maximum Gasteiger partial charge on any atom is 0.220 e. The van der Waals surface area contributed by atoms with E-state index in [0.717, 1.165) is 25.3 Å². The van der Waals surface area contributed by atoms with Crippen molar-refractivity contribution < 1.29 is 9.21 Å². The number of hydrogen-bond acceptors (Lipinski definition) is 6. The first-order chi connectivity index (χ1) is 11.5. The first kappa shape index (κ1) is 18.0. The molecule has 0 bridgehead atoms. The molecule has 0 saturated carbocycles. The van der Waals surface area contributed by atoms with Crippen molar-refractivity contribution in [2.24, 2.45) is 5.92 Å². The van der Waals surface area contributed by atoms with Gasteiger partial charge in [-0.3, -0.25) is 9.69 Å². The van der Waals surface area contributed by atoms with E-state index < -0.39 is 0 Å². The van der Waals surface area contributed by atoms with E-state index in [1.807, 2.05) is 6.92 Å². The van der Waals surface area contributed by atoms with E-state index in [9.17, 15) is 10.1 Å². The van der Waals surface area contributed by atoms with Gasteiger partial charge >= 0.3 is 0 Å². The summed E-state index contributed by atoms with van der Waals surface area (Å²) >= 11 is 0. The third-order valence-electron chi connectivity index (χ3n) is 4.33. The molecule has 0 radical (unpaired) electrons. The van der Waals surface area contributed by atoms with Crippen LogP contribution in [-0.2, 0) is 11.3 Å². The highest BCUT2D eigenvalue weighted by Crippen LogP contribution is 2.20. The van der Waals surface area contributed by atoms with Crippen LogP contribution in [0.15, 0.2) is 10.6 Å². The Morgan fingerprint density at radius 3 is 2.96 bits per heavy atom. The summed E-state index contributed by atoms with van der Waals surface area (Å²) in [6.45, 7) is 6.00. The summed E-state index contributed by atoms with van der Waals surface area (Å²) in [6, 6.07) is 4.47. The molecule has 24 heavy (non-hydrogen) atoms. The molecular weight excluding hydrogens is 306 g/mol. The highest BCUT2D eigenvalue weighted by atomic mass is 16.4. The number of oxazole rings is 1. The van der Waals surface area contributed by atoms with Crippen LogP contribution in [-0.4, -0.2) is 46.4 Å². The van der Waals surface area contributed by atoms with Gasteiger partial charge in [0.25, 0.3) is 0 Å². The van der Waals surface area contributed by atoms with Crippen LogP contribution in [0.3, 0.4) is 0 Å². The van der Waals surface area contributed by atoms with Gasteiger partial charge in [-0.1, -0.05) is 0 Å². The summed E-state index contributed by atoms with van der Waals surface area (Å²) < 4.78 is 5.48. The molecule has 1 amide bonds. The zero-order valence-electron chi connectivity index (χ0n) is 14.2. The highest BCUT2D eigenvalue weighted by molar-refractivity contribution is 5.73. The minimum atomic E-state index is -0.136. The Kier molecular flexibility index (Phi) is 6.34. The molecule has 2 heterocycles. The fourth-order valence-corrected chi connectivity index (χ4v) is 3.10. The zero-order valence-corrected chi connectivity index (χ0v) is 14.2. The molecule has 0 aromatic carbocycles. The smallest absolute Gasteiger partial charge is 0.220 e. The minimum Gasteiger partial charge on any atom is -0.444 e. The Hall–Kier alpha value is -2.38. The molecule has 7 heteroatoms. The van der Waals surface area contributed by atoms with E-state index in [1.54, 1.807) is 18.0 Å². The van der Waals surface area contributed by atoms with Gasteiger partial charge in [0.15, 0.2) is 0 Å². The Bertz CT molecular complexity index is 642. The second kappa shape index (κ2) is 8.47. The van der Waals surface area contributed by atoms with Crippen LogP contribution in [0.1, 0.15) is 37.8 Å². The second-order valence-corrected chi connectivity index (χ2v) is 6.24. The molecule has 1 aromatic rings. The van der Waals surface area contributed by atoms with Gasteiger partial charge in [0.05, 0.1) is 30.8 Å². The van der Waals surface area contributed by atoms with Crippen molar-refractivity contribution in [1.82, 2.24) is 14.8 Å². The quantitative estimate of drug-likeness (QED) is 0.757. The maximum absolute atomic E-state index is 12.0. The monoisotopic (exact) mass is 329 g/mol. The Morgan fingerprint density at radius 1 is 1.58 bits per heavy atom. The molecule has 7 nitrogen and oxygen atoms in total. The van der Waals surface area contributed by atoms with Crippen LogP contribution in [0.25, 0.3) is 0 Å². The van der Waals surface area contributed by atoms with Crippen molar-refractivity contribution in [3.8, 4) is 12.1 Å². The van der Waals surface area contributed by atoms with E-state index >= 15 is 0 Å². The van der Waals surface area contributed by atoms with Crippen LogP contribution in [0, 0.1) is 35.5 Å². The van der Waals surface area contributed by atoms with E-state index in [0.29, 0.717) is 31.8 Å². The molecule has 128 valence electrons. The van der Waals surface area contributed by atoms with Crippen LogP contribution < -0.4 is 0 Å². The molecule has 1 aliphatic heterocycles. The topological polar surface area (TPSA) is 97.2 Å². The summed E-state index contributed by atoms with van der Waals surface area (Å²) in [6.07, 6.45) is 3.52. The molecule has 1 fully saturated rings. The Morgan fingerprint density at radius 2 is 2.38 bits per heavy atom. The van der Waals surface area contributed by atoms with Crippen LogP contribution in [0.2, 0.25) is 0 Å². The van der Waals surface area contributed by atoms with Gasteiger partial charge < -0.3 is 9.32 Å². The fourth-order valence-electron chi connectivity index (χ4n) is 3.10. The Labute approximate surface area is 142 Å². The van der Waals surface area contributed by atoms with Crippen LogP contribution >= 0.6 is 0 Å². The van der Waals surface area contributed by atoms with Gasteiger partial charge in [0, 0.05) is 39.0 Å². The average Bonchev–Trinajstić information content (AvgIpc) is 3.17. The first-order valence-corrected chi connectivity index (χ1v) is 8.21. The number of nitriles is 2. The molecule has 1 aromatic heterocycles. The lowest BCUT2D eigenvalue weighted by Crippen LogP contribution is -2.40. The largest absolute Gasteiger partial charge is 0.444 e. The molecule has 0 spiro atoms. The number of aromatic nitrogens is 1. The van der Waals surface area contributed by atoms with Crippen molar-refractivity contribution in [1.29, 1.82) is 10.5 Å². The summed E-state index contributed by atoms with van der Waals surface area (Å²) in [5.41, 5.74) is 0. The lowest BCUT2D eigenvalue weighted by atomic mass is 10.1. The van der Waals surface area contributed by atoms with Gasteiger partial charge in [0.2, 0.25) is 11.8 Å². The number of amides is 1. The number of carbonyl (C=O) groups excluding carboxylic acids is 1. The minimum absolute atomic E-state index is 0.000910. The second-order valence-electron chi connectivity index (χ2n) is 6.24. The Balaban J connectivity index is 1.92. The number of aryl methyl sites for hydroxylation is 1. The van der Waals surface area contributed by atoms with Crippen molar-refractivity contribution in [3.63, 3.8) is 0 Å². The van der Waals surface area contributed by atoms with E-state index in [-0.39, 0.29) is 17.9 Å². The lowest BCUT2D eigenvalue weighted by Gasteiger charge is -2.27. The van der Waals surface area contributed by atoms with Gasteiger partial charge in [0.1, 0.15) is 5.76 Å². The van der Waals surface area contributed by atoms with E-state index in [2.05, 4.69) is 22.0 Å². The molecular formula is C17H23N5O2. The average molecular weight is 329 g/mol. The summed E-state index contributed by atoms with van der Waals surface area (Å²) in [7, 11) is 0. The van der Waals surface area contributed by atoms with Crippen LogP contribution in [0.4, 0.5) is 0 Å². The van der Waals surface area contributed by atoms with Crippen molar-refractivity contribution >= 4 is 5.91 Å².